The van der Waals surface area contributed by atoms with Crippen molar-refractivity contribution >= 4 is 5.91 Å². The molecule has 0 heterocycles. The van der Waals surface area contributed by atoms with Crippen LogP contribution in [0, 0.1) is 0 Å². The van der Waals surface area contributed by atoms with Crippen molar-refractivity contribution in [2.75, 3.05) is 19.7 Å². The van der Waals surface area contributed by atoms with Crippen LogP contribution in [0.5, 0.6) is 0 Å². The van der Waals surface area contributed by atoms with E-state index in [-0.39, 0.29) is 12.5 Å². The summed E-state index contributed by atoms with van der Waals surface area (Å²) < 4.78 is 0. The molecule has 0 rings (SSSR count). The third kappa shape index (κ3) is 4.05. The lowest BCUT2D eigenvalue weighted by Gasteiger charge is -2.22. The number of aliphatic hydroxyl groups is 1. The van der Waals surface area contributed by atoms with Gasteiger partial charge in [-0.1, -0.05) is 13.0 Å². The van der Waals surface area contributed by atoms with Crippen molar-refractivity contribution in [3.05, 3.63) is 12.7 Å². The summed E-state index contributed by atoms with van der Waals surface area (Å²) in [5.74, 6) is -0.128. The van der Waals surface area contributed by atoms with E-state index in [1.807, 2.05) is 6.92 Å². The van der Waals surface area contributed by atoms with E-state index in [0.29, 0.717) is 19.5 Å². The van der Waals surface area contributed by atoms with E-state index in [4.69, 9.17) is 10.8 Å². The molecule has 1 atom stereocenters. The molecule has 1 amide bonds. The van der Waals surface area contributed by atoms with Gasteiger partial charge in [0.2, 0.25) is 5.91 Å². The Kier molecular flexibility index (Phi) is 6.18. The van der Waals surface area contributed by atoms with Gasteiger partial charge in [0.15, 0.2) is 0 Å². The number of rotatable bonds is 6. The summed E-state index contributed by atoms with van der Waals surface area (Å²) in [5.41, 5.74) is 5.57. The van der Waals surface area contributed by atoms with Crippen LogP contribution in [0.3, 0.4) is 0 Å². The molecule has 0 bridgehead atoms. The van der Waals surface area contributed by atoms with Crippen LogP contribution < -0.4 is 5.73 Å². The van der Waals surface area contributed by atoms with Crippen LogP contribution in [0.2, 0.25) is 0 Å². The van der Waals surface area contributed by atoms with E-state index in [1.165, 1.54) is 4.90 Å². The quantitative estimate of drug-likeness (QED) is 0.561. The Bertz CT molecular complexity index is 171. The van der Waals surface area contributed by atoms with Gasteiger partial charge in [0.1, 0.15) is 0 Å². The number of amides is 1. The Morgan fingerprint density at radius 3 is 2.77 bits per heavy atom. The minimum Gasteiger partial charge on any atom is -0.395 e. The SMILES string of the molecule is C=CCN(CCO)C(=O)[C@@H](N)CC. The average molecular weight is 186 g/mol. The molecule has 0 aromatic heterocycles. The highest BCUT2D eigenvalue weighted by molar-refractivity contribution is 5.81. The number of aliphatic hydroxyl groups excluding tert-OH is 1. The Hall–Kier alpha value is -0.870. The molecule has 0 spiro atoms. The number of hydrogen-bond donors (Lipinski definition) is 2. The molecule has 0 aliphatic carbocycles. The molecule has 4 heteroatoms. The highest BCUT2D eigenvalue weighted by Crippen LogP contribution is 1.96. The summed E-state index contributed by atoms with van der Waals surface area (Å²) in [5, 5.41) is 8.70. The first-order chi connectivity index (χ1) is 6.17. The van der Waals surface area contributed by atoms with Crippen molar-refractivity contribution in [2.24, 2.45) is 5.73 Å². The predicted molar refractivity (Wildman–Crippen MR) is 52.1 cm³/mol. The molecular weight excluding hydrogens is 168 g/mol. The Balaban J connectivity index is 4.17. The molecule has 3 N–H and O–H groups in total. The number of hydrogen-bond acceptors (Lipinski definition) is 3. The lowest BCUT2D eigenvalue weighted by molar-refractivity contribution is -0.132. The molecule has 0 radical (unpaired) electrons. The summed E-state index contributed by atoms with van der Waals surface area (Å²) >= 11 is 0. The normalized spacial score (nSPS) is 12.2. The standard InChI is InChI=1S/C9H18N2O2/c1-3-5-11(6-7-12)9(13)8(10)4-2/h3,8,12H,1,4-7,10H2,2H3/t8-/m0/s1. The maximum atomic E-state index is 11.5. The molecule has 0 aromatic rings. The van der Waals surface area contributed by atoms with Crippen molar-refractivity contribution in [2.45, 2.75) is 19.4 Å². The Morgan fingerprint density at radius 2 is 2.38 bits per heavy atom. The van der Waals surface area contributed by atoms with Crippen molar-refractivity contribution in [1.82, 2.24) is 4.90 Å². The van der Waals surface area contributed by atoms with Crippen LogP contribution in [0.25, 0.3) is 0 Å². The minimum absolute atomic E-state index is 0.0456. The third-order valence-electron chi connectivity index (χ3n) is 1.79. The zero-order valence-electron chi connectivity index (χ0n) is 8.07. The summed E-state index contributed by atoms with van der Waals surface area (Å²) in [6.07, 6.45) is 2.23. The molecule has 0 saturated heterocycles. The lowest BCUT2D eigenvalue weighted by atomic mass is 10.2. The van der Waals surface area contributed by atoms with Crippen LogP contribution in [0.1, 0.15) is 13.3 Å². The van der Waals surface area contributed by atoms with Gasteiger partial charge in [-0.05, 0) is 6.42 Å². The maximum Gasteiger partial charge on any atom is 0.239 e. The summed E-state index contributed by atoms with van der Waals surface area (Å²) in [7, 11) is 0. The highest BCUT2D eigenvalue weighted by Gasteiger charge is 2.17. The van der Waals surface area contributed by atoms with E-state index < -0.39 is 6.04 Å². The van der Waals surface area contributed by atoms with Crippen LogP contribution in [0.15, 0.2) is 12.7 Å². The molecule has 76 valence electrons. The average Bonchev–Trinajstić information content (AvgIpc) is 2.15. The van der Waals surface area contributed by atoms with Crippen molar-refractivity contribution in [3.63, 3.8) is 0 Å². The Morgan fingerprint density at radius 1 is 1.77 bits per heavy atom. The maximum absolute atomic E-state index is 11.5. The van der Waals surface area contributed by atoms with Crippen molar-refractivity contribution < 1.29 is 9.90 Å². The number of carbonyl (C=O) groups is 1. The fourth-order valence-electron chi connectivity index (χ4n) is 0.977. The predicted octanol–water partition coefficient (Wildman–Crippen LogP) is -0.269. The van der Waals surface area contributed by atoms with Crippen molar-refractivity contribution in [3.8, 4) is 0 Å². The van der Waals surface area contributed by atoms with Gasteiger partial charge in [-0.3, -0.25) is 4.79 Å². The molecule has 13 heavy (non-hydrogen) atoms. The van der Waals surface area contributed by atoms with E-state index >= 15 is 0 Å². The summed E-state index contributed by atoms with van der Waals surface area (Å²) in [4.78, 5) is 13.0. The first kappa shape index (κ1) is 12.1. The van der Waals surface area contributed by atoms with Crippen LogP contribution in [-0.4, -0.2) is 41.7 Å². The number of carbonyl (C=O) groups excluding carboxylic acids is 1. The zero-order valence-corrected chi connectivity index (χ0v) is 8.07. The second-order valence-electron chi connectivity index (χ2n) is 2.81. The molecule has 0 aliphatic heterocycles. The molecule has 0 unspecified atom stereocenters. The lowest BCUT2D eigenvalue weighted by Crippen LogP contribution is -2.44. The molecule has 0 fully saturated rings. The van der Waals surface area contributed by atoms with Gasteiger partial charge in [0.05, 0.1) is 12.6 Å². The van der Waals surface area contributed by atoms with Gasteiger partial charge in [0.25, 0.3) is 0 Å². The van der Waals surface area contributed by atoms with Gasteiger partial charge in [-0.25, -0.2) is 0 Å². The molecule has 0 aromatic carbocycles. The molecular formula is C9H18N2O2. The molecule has 4 nitrogen and oxygen atoms in total. The van der Waals surface area contributed by atoms with Crippen LogP contribution in [-0.2, 0) is 4.79 Å². The largest absolute Gasteiger partial charge is 0.395 e. The topological polar surface area (TPSA) is 66.6 Å². The van der Waals surface area contributed by atoms with E-state index in [2.05, 4.69) is 6.58 Å². The van der Waals surface area contributed by atoms with Gasteiger partial charge < -0.3 is 15.7 Å². The highest BCUT2D eigenvalue weighted by atomic mass is 16.3. The number of nitrogens with zero attached hydrogens (tertiary/aromatic N) is 1. The Labute approximate surface area is 79.0 Å². The fourth-order valence-corrected chi connectivity index (χ4v) is 0.977. The van der Waals surface area contributed by atoms with Crippen molar-refractivity contribution in [1.29, 1.82) is 0 Å². The third-order valence-corrected chi connectivity index (χ3v) is 1.79. The number of nitrogens with two attached hydrogens (primary N) is 1. The minimum atomic E-state index is -0.466. The summed E-state index contributed by atoms with van der Waals surface area (Å²) in [6, 6.07) is -0.466. The first-order valence-corrected chi connectivity index (χ1v) is 4.43. The second kappa shape index (κ2) is 6.62. The monoisotopic (exact) mass is 186 g/mol. The van der Waals surface area contributed by atoms with Crippen LogP contribution in [0.4, 0.5) is 0 Å². The van der Waals surface area contributed by atoms with E-state index in [1.54, 1.807) is 6.08 Å². The smallest absolute Gasteiger partial charge is 0.239 e. The zero-order chi connectivity index (χ0) is 10.3. The van der Waals surface area contributed by atoms with Gasteiger partial charge >= 0.3 is 0 Å². The second-order valence-corrected chi connectivity index (χ2v) is 2.81. The van der Waals surface area contributed by atoms with E-state index in [0.717, 1.165) is 0 Å². The van der Waals surface area contributed by atoms with Crippen LogP contribution >= 0.6 is 0 Å². The van der Waals surface area contributed by atoms with Gasteiger partial charge in [-0.2, -0.15) is 0 Å². The van der Waals surface area contributed by atoms with Gasteiger partial charge in [-0.15, -0.1) is 6.58 Å². The van der Waals surface area contributed by atoms with Gasteiger partial charge in [0, 0.05) is 13.1 Å². The fraction of sp³-hybridized carbons (Fsp3) is 0.667. The molecule has 0 saturated carbocycles. The molecule has 0 aliphatic rings. The summed E-state index contributed by atoms with van der Waals surface area (Å²) in [6.45, 7) is 6.10. The first-order valence-electron chi connectivity index (χ1n) is 4.43. The van der Waals surface area contributed by atoms with E-state index in [9.17, 15) is 4.79 Å².